The average Bonchev–Trinajstić information content (AvgIpc) is 2.74. The molecular weight excluding hydrogens is 423 g/mol. The molecule has 0 aliphatic heterocycles. The van der Waals surface area contributed by atoms with Gasteiger partial charge in [-0.1, -0.05) is 48.0 Å². The molecule has 0 bridgehead atoms. The van der Waals surface area contributed by atoms with Gasteiger partial charge in [-0.15, -0.1) is 0 Å². The Hall–Kier alpha value is -3.45. The molecule has 2 N–H and O–H groups in total. The van der Waals surface area contributed by atoms with Crippen molar-refractivity contribution >= 4 is 23.5 Å². The van der Waals surface area contributed by atoms with E-state index < -0.39 is 23.7 Å². The van der Waals surface area contributed by atoms with E-state index in [2.05, 4.69) is 10.3 Å². The maximum absolute atomic E-state index is 13.9. The number of carboxylic acid groups (broad SMARTS) is 1. The summed E-state index contributed by atoms with van der Waals surface area (Å²) in [7, 11) is 1.43. The number of amides is 1. The van der Waals surface area contributed by atoms with Crippen LogP contribution in [0.1, 0.15) is 34.1 Å². The molecule has 0 unspecified atom stereocenters. The fourth-order valence-corrected chi connectivity index (χ4v) is 3.46. The van der Waals surface area contributed by atoms with E-state index in [0.717, 1.165) is 5.56 Å². The first-order chi connectivity index (χ1) is 14.8. The van der Waals surface area contributed by atoms with Gasteiger partial charge in [0, 0.05) is 5.56 Å². The van der Waals surface area contributed by atoms with Crippen LogP contribution in [-0.4, -0.2) is 29.1 Å². The van der Waals surface area contributed by atoms with Crippen LogP contribution in [0, 0.1) is 12.7 Å². The quantitative estimate of drug-likeness (QED) is 0.548. The van der Waals surface area contributed by atoms with E-state index >= 15 is 0 Å². The van der Waals surface area contributed by atoms with Gasteiger partial charge < -0.3 is 15.2 Å². The number of hydrogen-bond acceptors (Lipinski definition) is 4. The Balaban J connectivity index is 1.98. The number of carbonyl (C=O) groups is 2. The lowest BCUT2D eigenvalue weighted by atomic mass is 9.98. The first-order valence-electron chi connectivity index (χ1n) is 9.39. The molecule has 0 aliphatic carbocycles. The van der Waals surface area contributed by atoms with Crippen LogP contribution < -0.4 is 10.1 Å². The van der Waals surface area contributed by atoms with Crippen LogP contribution in [0.3, 0.4) is 0 Å². The number of aryl methyl sites for hydroxylation is 1. The van der Waals surface area contributed by atoms with E-state index in [4.69, 9.17) is 16.3 Å². The maximum Gasteiger partial charge on any atom is 0.305 e. The summed E-state index contributed by atoms with van der Waals surface area (Å²) in [5.74, 6) is -1.95. The summed E-state index contributed by atoms with van der Waals surface area (Å²) < 4.78 is 19.2. The number of methoxy groups -OCH3 is 1. The standard InChI is InChI=1S/C23H20ClFN2O4/c1-13-6-3-4-7-14(13)18(12-20(28)29)27-23(30)17-10-11-19(31-2)22(26-17)15-8-5-9-16(25)21(15)24/h3-11,18H,12H2,1-2H3,(H,27,30)(H,28,29)/t18-/m0/s1. The second-order valence-electron chi connectivity index (χ2n) is 6.83. The summed E-state index contributed by atoms with van der Waals surface area (Å²) in [4.78, 5) is 28.6. The van der Waals surface area contributed by atoms with Gasteiger partial charge in [-0.05, 0) is 36.2 Å². The molecule has 8 heteroatoms. The van der Waals surface area contributed by atoms with Crippen molar-refractivity contribution < 1.29 is 23.8 Å². The van der Waals surface area contributed by atoms with E-state index in [0.29, 0.717) is 11.3 Å². The Labute approximate surface area is 183 Å². The minimum atomic E-state index is -1.05. The highest BCUT2D eigenvalue weighted by Crippen LogP contribution is 2.34. The molecule has 1 atom stereocenters. The van der Waals surface area contributed by atoms with Gasteiger partial charge in [0.1, 0.15) is 23.0 Å². The fourth-order valence-electron chi connectivity index (χ4n) is 3.24. The molecule has 1 aromatic heterocycles. The average molecular weight is 443 g/mol. The minimum absolute atomic E-state index is 0.0140. The van der Waals surface area contributed by atoms with Crippen LogP contribution in [0.2, 0.25) is 5.02 Å². The lowest BCUT2D eigenvalue weighted by molar-refractivity contribution is -0.137. The van der Waals surface area contributed by atoms with Gasteiger partial charge in [-0.25, -0.2) is 9.37 Å². The zero-order chi connectivity index (χ0) is 22.5. The molecule has 0 spiro atoms. The number of ether oxygens (including phenoxy) is 1. The highest BCUT2D eigenvalue weighted by Gasteiger charge is 2.22. The van der Waals surface area contributed by atoms with Crippen molar-refractivity contribution in [2.75, 3.05) is 7.11 Å². The Bertz CT molecular complexity index is 1140. The van der Waals surface area contributed by atoms with Crippen molar-refractivity contribution in [3.05, 3.63) is 82.3 Å². The van der Waals surface area contributed by atoms with E-state index in [1.807, 2.05) is 19.1 Å². The molecule has 1 heterocycles. The van der Waals surface area contributed by atoms with E-state index in [-0.39, 0.29) is 28.4 Å². The highest BCUT2D eigenvalue weighted by atomic mass is 35.5. The molecule has 3 rings (SSSR count). The summed E-state index contributed by atoms with van der Waals surface area (Å²) in [5, 5.41) is 11.9. The SMILES string of the molecule is COc1ccc(C(=O)N[C@@H](CC(=O)O)c2ccccc2C)nc1-c1cccc(F)c1Cl. The van der Waals surface area contributed by atoms with Crippen molar-refractivity contribution in [1.29, 1.82) is 0 Å². The van der Waals surface area contributed by atoms with Crippen molar-refractivity contribution in [3.8, 4) is 17.0 Å². The lowest BCUT2D eigenvalue weighted by Gasteiger charge is -2.19. The third-order valence-corrected chi connectivity index (χ3v) is 5.15. The molecule has 0 saturated carbocycles. The van der Waals surface area contributed by atoms with Gasteiger partial charge in [0.15, 0.2) is 0 Å². The number of nitrogens with zero attached hydrogens (tertiary/aromatic N) is 1. The lowest BCUT2D eigenvalue weighted by Crippen LogP contribution is -2.31. The van der Waals surface area contributed by atoms with Gasteiger partial charge in [0.2, 0.25) is 0 Å². The number of halogens is 2. The van der Waals surface area contributed by atoms with Crippen LogP contribution in [0.15, 0.2) is 54.6 Å². The topological polar surface area (TPSA) is 88.5 Å². The molecule has 0 aliphatic rings. The monoisotopic (exact) mass is 442 g/mol. The van der Waals surface area contributed by atoms with Crippen molar-refractivity contribution in [1.82, 2.24) is 10.3 Å². The largest absolute Gasteiger partial charge is 0.494 e. The Morgan fingerprint density at radius 2 is 1.90 bits per heavy atom. The van der Waals surface area contributed by atoms with Crippen molar-refractivity contribution in [3.63, 3.8) is 0 Å². The summed E-state index contributed by atoms with van der Waals surface area (Å²) in [6, 6.07) is 13.7. The van der Waals surface area contributed by atoms with Gasteiger partial charge in [-0.2, -0.15) is 0 Å². The predicted octanol–water partition coefficient (Wildman–Crippen LogP) is 4.80. The number of carboxylic acids is 1. The van der Waals surface area contributed by atoms with Crippen LogP contribution in [0.25, 0.3) is 11.3 Å². The number of carbonyl (C=O) groups excluding carboxylic acids is 1. The normalized spacial score (nSPS) is 11.6. The van der Waals surface area contributed by atoms with E-state index in [9.17, 15) is 19.1 Å². The molecule has 31 heavy (non-hydrogen) atoms. The maximum atomic E-state index is 13.9. The molecule has 160 valence electrons. The Morgan fingerprint density at radius 1 is 1.16 bits per heavy atom. The van der Waals surface area contributed by atoms with Crippen LogP contribution >= 0.6 is 11.6 Å². The van der Waals surface area contributed by atoms with Gasteiger partial charge in [0.25, 0.3) is 5.91 Å². The van der Waals surface area contributed by atoms with Crippen molar-refractivity contribution in [2.45, 2.75) is 19.4 Å². The van der Waals surface area contributed by atoms with Crippen LogP contribution in [0.4, 0.5) is 4.39 Å². The number of aliphatic carboxylic acids is 1. The van der Waals surface area contributed by atoms with Gasteiger partial charge >= 0.3 is 5.97 Å². The third kappa shape index (κ3) is 5.00. The van der Waals surface area contributed by atoms with Gasteiger partial charge in [0.05, 0.1) is 24.6 Å². The number of rotatable bonds is 7. The van der Waals surface area contributed by atoms with E-state index in [1.54, 1.807) is 18.2 Å². The molecule has 6 nitrogen and oxygen atoms in total. The summed E-state index contributed by atoms with van der Waals surface area (Å²) >= 11 is 6.09. The molecular formula is C23H20ClFN2O4. The summed E-state index contributed by atoms with van der Waals surface area (Å²) in [6.07, 6.45) is -0.296. The number of hydrogen-bond donors (Lipinski definition) is 2. The predicted molar refractivity (Wildman–Crippen MR) is 115 cm³/mol. The molecule has 1 amide bonds. The number of pyridine rings is 1. The van der Waals surface area contributed by atoms with Crippen molar-refractivity contribution in [2.24, 2.45) is 0 Å². The van der Waals surface area contributed by atoms with Crippen LogP contribution in [0.5, 0.6) is 5.75 Å². The number of aromatic nitrogens is 1. The number of benzene rings is 2. The second kappa shape index (κ2) is 9.57. The molecule has 0 saturated heterocycles. The Morgan fingerprint density at radius 3 is 2.58 bits per heavy atom. The molecule has 0 radical (unpaired) electrons. The van der Waals surface area contributed by atoms with Crippen LogP contribution in [-0.2, 0) is 4.79 Å². The summed E-state index contributed by atoms with van der Waals surface area (Å²) in [6.45, 7) is 1.84. The molecule has 3 aromatic rings. The third-order valence-electron chi connectivity index (χ3n) is 4.77. The first-order valence-corrected chi connectivity index (χ1v) is 9.77. The van der Waals surface area contributed by atoms with Gasteiger partial charge in [-0.3, -0.25) is 9.59 Å². The Kier molecular flexibility index (Phi) is 6.87. The minimum Gasteiger partial charge on any atom is -0.494 e. The molecule has 0 fully saturated rings. The fraction of sp³-hybridized carbons (Fsp3) is 0.174. The first kappa shape index (κ1) is 22.2. The smallest absolute Gasteiger partial charge is 0.305 e. The zero-order valence-electron chi connectivity index (χ0n) is 16.9. The molecule has 2 aromatic carbocycles. The summed E-state index contributed by atoms with van der Waals surface area (Å²) in [5.41, 5.74) is 2.03. The number of nitrogens with one attached hydrogen (secondary N) is 1. The zero-order valence-corrected chi connectivity index (χ0v) is 17.6. The second-order valence-corrected chi connectivity index (χ2v) is 7.21. The van der Waals surface area contributed by atoms with E-state index in [1.165, 1.54) is 31.4 Å². The highest BCUT2D eigenvalue weighted by molar-refractivity contribution is 6.33.